The van der Waals surface area contributed by atoms with E-state index >= 15 is 0 Å². The van der Waals surface area contributed by atoms with Gasteiger partial charge in [-0.05, 0) is 189 Å². The summed E-state index contributed by atoms with van der Waals surface area (Å²) >= 11 is 5.20. The molecule has 6 saturated heterocycles. The molecule has 6 fully saturated rings. The molecule has 9 N–H and O–H groups in total. The third-order valence-electron chi connectivity index (χ3n) is 22.3. The lowest BCUT2D eigenvalue weighted by Gasteiger charge is -2.38. The summed E-state index contributed by atoms with van der Waals surface area (Å²) in [6, 6.07) is 23.7. The summed E-state index contributed by atoms with van der Waals surface area (Å²) < 4.78 is 14.3. The third kappa shape index (κ3) is 20.2. The molecule has 6 aromatic heterocycles. The predicted octanol–water partition coefficient (Wildman–Crippen LogP) is 11.7. The molecule has 3 aromatic carbocycles. The average molecular weight is 1580 g/mol. The number of morpholine rings is 2. The van der Waals surface area contributed by atoms with Crippen molar-refractivity contribution >= 4 is 135 Å². The largest absolute Gasteiger partial charge is 0.383 e. The summed E-state index contributed by atoms with van der Waals surface area (Å²) in [7, 11) is 0. The number of hydrogen-bond donors (Lipinski definition) is 6. The van der Waals surface area contributed by atoms with Gasteiger partial charge in [-0.2, -0.15) is 0 Å². The van der Waals surface area contributed by atoms with E-state index in [1.165, 1.54) is 49.2 Å². The Kier molecular flexibility index (Phi) is 27.2. The van der Waals surface area contributed by atoms with Crippen LogP contribution in [0.4, 0.5) is 34.5 Å². The number of carbonyl (C=O) groups is 6. The quantitative estimate of drug-likeness (QED) is 0.0461. The lowest BCUT2D eigenvalue weighted by atomic mass is 9.89. The van der Waals surface area contributed by atoms with E-state index < -0.39 is 35.4 Å². The van der Waals surface area contributed by atoms with E-state index in [1.807, 2.05) is 20.8 Å². The maximum absolute atomic E-state index is 13.4. The van der Waals surface area contributed by atoms with E-state index in [9.17, 15) is 28.8 Å². The van der Waals surface area contributed by atoms with Crippen LogP contribution in [0, 0.1) is 17.8 Å². The van der Waals surface area contributed by atoms with Crippen molar-refractivity contribution in [1.29, 1.82) is 0 Å². The molecule has 112 heavy (non-hydrogen) atoms. The first kappa shape index (κ1) is 80.8. The van der Waals surface area contributed by atoms with Gasteiger partial charge in [0, 0.05) is 71.7 Å². The highest BCUT2D eigenvalue weighted by Gasteiger charge is 2.38. The molecule has 0 saturated carbocycles. The van der Waals surface area contributed by atoms with Crippen molar-refractivity contribution in [1.82, 2.24) is 59.3 Å². The zero-order valence-corrected chi connectivity index (χ0v) is 67.7. The number of carbonyl (C=O) groups excluding carboxylic acids is 6. The standard InChI is InChI=1S/C28H36N6O3S.C28H36N6O2S.C27H34N6O3S/c1-3-19-14-21(16-30-26(19)29)31-27(35)28(36)34-17-18(2)4-6-23(34)20-5-7-24-22(15-20)32-25(38-24)8-9-33-10-12-37-13-11-33;1-3-19-14-21(16-30-26(19)29)31-27(35)28(36)34-17-18(2)6-8-23(34)20-7-9-24-22(15-20)32-25(37-24)10-13-33-11-4-5-12-33;1-3-18-12-20(14-29-25(18)28)30-26(34)27(35)33-15-17(2)4-6-22(33)19-5-7-23-21(13-19)31-24(37-23)16-32-8-10-36-11-9-32/h5,7,14-16,18,23H,3-4,6,8-13,17H2,1-2H3,(H2,29,30)(H,31,35);7,9,14-16,18,23H,3-6,8,10-13,17H2,1-2H3,(H2,29,30)(H,31,35);5,7,12-14,17,22H,3-4,6,8-11,15-16H2,1-2H3,(H2,28,29)(H,30,34)/t2*18-,23+;17-,22+/m000/s1. The normalized spacial score (nSPS) is 20.6. The number of fused-ring (bicyclic) bond motifs is 3. The zero-order valence-electron chi connectivity index (χ0n) is 65.2. The first-order valence-electron chi connectivity index (χ1n) is 39.8. The number of rotatable bonds is 17. The van der Waals surface area contributed by atoms with Crippen LogP contribution in [0.1, 0.15) is 159 Å². The number of nitrogen functional groups attached to an aromatic ring is 3. The van der Waals surface area contributed by atoms with Crippen molar-refractivity contribution in [3.8, 4) is 0 Å². The molecular weight excluding hydrogens is 1470 g/mol. The first-order valence-corrected chi connectivity index (χ1v) is 42.3. The van der Waals surface area contributed by atoms with Gasteiger partial charge in [-0.25, -0.2) is 29.9 Å². The maximum atomic E-state index is 13.4. The minimum Gasteiger partial charge on any atom is -0.383 e. The fraction of sp³-hybridized carbons (Fsp3) is 0.494. The van der Waals surface area contributed by atoms with Crippen LogP contribution in [0.3, 0.4) is 0 Å². The van der Waals surface area contributed by atoms with Crippen LogP contribution in [-0.4, -0.2) is 193 Å². The molecule has 0 radical (unpaired) electrons. The summed E-state index contributed by atoms with van der Waals surface area (Å²) in [6.45, 7) is 26.1. The van der Waals surface area contributed by atoms with E-state index in [2.05, 4.69) is 121 Å². The number of thiazole rings is 3. The molecule has 6 atom stereocenters. The lowest BCUT2D eigenvalue weighted by molar-refractivity contribution is -0.146. The van der Waals surface area contributed by atoms with Crippen LogP contribution >= 0.6 is 34.0 Å². The van der Waals surface area contributed by atoms with Gasteiger partial charge >= 0.3 is 35.4 Å². The number of pyridine rings is 3. The highest BCUT2D eigenvalue weighted by Crippen LogP contribution is 2.40. The van der Waals surface area contributed by atoms with Gasteiger partial charge in [-0.15, -0.1) is 34.0 Å². The highest BCUT2D eigenvalue weighted by atomic mass is 32.1. The molecule has 6 aliphatic heterocycles. The number of amides is 6. The number of anilines is 6. The van der Waals surface area contributed by atoms with Crippen molar-refractivity contribution in [2.24, 2.45) is 17.8 Å². The van der Waals surface area contributed by atoms with E-state index in [-0.39, 0.29) is 18.1 Å². The van der Waals surface area contributed by atoms with Gasteiger partial charge in [0.25, 0.3) is 0 Å². The Labute approximate surface area is 667 Å². The first-order chi connectivity index (χ1) is 54.2. The van der Waals surface area contributed by atoms with Gasteiger partial charge in [0.05, 0.1) is 127 Å². The van der Waals surface area contributed by atoms with Crippen LogP contribution in [0.25, 0.3) is 30.6 Å². The third-order valence-corrected chi connectivity index (χ3v) is 25.5. The van der Waals surface area contributed by atoms with E-state index in [1.54, 1.807) is 66.9 Å². The molecule has 594 valence electrons. The molecule has 9 aromatic rings. The topological polar surface area (TPSA) is 332 Å². The number of hydrogen-bond acceptors (Lipinski definition) is 23. The second kappa shape index (κ2) is 37.6. The van der Waals surface area contributed by atoms with Crippen molar-refractivity contribution in [3.63, 3.8) is 0 Å². The second-order valence-corrected chi connectivity index (χ2v) is 33.9. The minimum absolute atomic E-state index is 0.149. The van der Waals surface area contributed by atoms with Gasteiger partial charge in [0.15, 0.2) is 0 Å². The van der Waals surface area contributed by atoms with Crippen LogP contribution in [0.15, 0.2) is 91.4 Å². The van der Waals surface area contributed by atoms with Gasteiger partial charge in [0.1, 0.15) is 22.5 Å². The molecule has 0 bridgehead atoms. The number of piperidine rings is 3. The maximum Gasteiger partial charge on any atom is 0.313 e. The second-order valence-electron chi connectivity index (χ2n) is 30.6. The number of aryl methyl sites for hydroxylation is 3. The van der Waals surface area contributed by atoms with Crippen molar-refractivity contribution in [3.05, 3.63) is 140 Å². The van der Waals surface area contributed by atoms with Crippen molar-refractivity contribution in [2.75, 3.05) is 132 Å². The minimum atomic E-state index is -0.657. The summed E-state index contributed by atoms with van der Waals surface area (Å²) in [5.41, 5.74) is 27.6. The fourth-order valence-corrected chi connectivity index (χ4v) is 18.8. The van der Waals surface area contributed by atoms with E-state index in [0.717, 1.165) is 198 Å². The van der Waals surface area contributed by atoms with Crippen molar-refractivity contribution < 1.29 is 38.2 Å². The molecule has 12 heterocycles. The Balaban J connectivity index is 0.000000147. The van der Waals surface area contributed by atoms with Crippen LogP contribution in [0.2, 0.25) is 0 Å². The van der Waals surface area contributed by atoms with Crippen LogP contribution < -0.4 is 33.2 Å². The molecule has 0 unspecified atom stereocenters. The fourth-order valence-electron chi connectivity index (χ4n) is 15.9. The zero-order chi connectivity index (χ0) is 78.5. The number of likely N-dealkylation sites (tertiary alicyclic amines) is 4. The summed E-state index contributed by atoms with van der Waals surface area (Å²) in [4.78, 5) is 119. The van der Waals surface area contributed by atoms with Crippen LogP contribution in [-0.2, 0) is 76.9 Å². The molecule has 0 aliphatic carbocycles. The predicted molar refractivity (Wildman–Crippen MR) is 444 cm³/mol. The van der Waals surface area contributed by atoms with Gasteiger partial charge in [0.2, 0.25) is 0 Å². The number of ether oxygens (including phenoxy) is 2. The number of nitrogens with two attached hydrogens (primary N) is 3. The van der Waals surface area contributed by atoms with Crippen molar-refractivity contribution in [2.45, 2.75) is 150 Å². The number of benzene rings is 3. The SMILES string of the molecule is CCc1cc(NC(=O)C(=O)N2C[C@@H](C)CC[C@@H]2c2ccc3sc(CCN4CCCC4)nc3c2)cnc1N.CCc1cc(NC(=O)C(=O)N2C[C@@H](C)CC[C@@H]2c2ccc3sc(CCN4CCOCC4)nc3c2)cnc1N.CCc1cc(NC(=O)C(=O)N2C[C@@H](C)CC[C@@H]2c2ccc3sc(CN4CCOCC4)nc3c2)cnc1N. The Morgan fingerprint density at radius 1 is 0.429 bits per heavy atom. The Hall–Kier alpha value is -9.20. The number of nitrogens with one attached hydrogen (secondary N) is 3. The Morgan fingerprint density at radius 3 is 1.10 bits per heavy atom. The molecule has 0 spiro atoms. The molecule has 6 amide bonds. The van der Waals surface area contributed by atoms with Gasteiger partial charge in [-0.1, -0.05) is 59.7 Å². The monoisotopic (exact) mass is 1580 g/mol. The molecular formula is C83H106N18O8S3. The Morgan fingerprint density at radius 2 is 0.750 bits per heavy atom. The van der Waals surface area contributed by atoms with E-state index in [0.29, 0.717) is 91.2 Å². The average Bonchev–Trinajstić information content (AvgIpc) is 1.77. The van der Waals surface area contributed by atoms with Gasteiger partial charge < -0.3 is 62.2 Å². The van der Waals surface area contributed by atoms with E-state index in [4.69, 9.17) is 41.6 Å². The van der Waals surface area contributed by atoms with Crippen LogP contribution in [0.5, 0.6) is 0 Å². The van der Waals surface area contributed by atoms with Gasteiger partial charge in [-0.3, -0.25) is 38.6 Å². The Bertz CT molecular complexity index is 4820. The lowest BCUT2D eigenvalue weighted by Crippen LogP contribution is -2.46. The molecule has 6 aliphatic rings. The highest BCUT2D eigenvalue weighted by molar-refractivity contribution is 7.19. The summed E-state index contributed by atoms with van der Waals surface area (Å²) in [5.74, 6) is -1.25. The molecule has 26 nitrogen and oxygen atoms in total. The molecule has 15 rings (SSSR count). The number of aromatic nitrogens is 6. The summed E-state index contributed by atoms with van der Waals surface area (Å²) in [5, 5.41) is 11.6. The number of nitrogens with zero attached hydrogens (tertiary/aromatic N) is 12. The smallest absolute Gasteiger partial charge is 0.313 e. The summed E-state index contributed by atoms with van der Waals surface area (Å²) in [6.07, 6.45) is 16.5. The molecule has 29 heteroatoms.